The molecule has 0 radical (unpaired) electrons. The molecule has 1 aromatic rings. The van der Waals surface area contributed by atoms with E-state index >= 15 is 0 Å². The molecule has 19 heavy (non-hydrogen) atoms. The Kier molecular flexibility index (Phi) is 7.57. The van der Waals surface area contributed by atoms with E-state index in [4.69, 9.17) is 9.47 Å². The van der Waals surface area contributed by atoms with Gasteiger partial charge < -0.3 is 20.1 Å². The second kappa shape index (κ2) is 9.32. The first-order valence-electron chi connectivity index (χ1n) is 6.65. The first-order chi connectivity index (χ1) is 9.30. The van der Waals surface area contributed by atoms with E-state index in [1.54, 1.807) is 0 Å². The molecular formula is C12H23N5O2. The Morgan fingerprint density at radius 3 is 2.37 bits per heavy atom. The Hall–Kier alpha value is -1.63. The monoisotopic (exact) mass is 269 g/mol. The Balaban J connectivity index is 2.41. The summed E-state index contributed by atoms with van der Waals surface area (Å²) in [7, 11) is 1.54. The van der Waals surface area contributed by atoms with Crippen LogP contribution in [0.2, 0.25) is 0 Å². The molecule has 0 aromatic carbocycles. The number of rotatable bonds is 10. The summed E-state index contributed by atoms with van der Waals surface area (Å²) in [4.78, 5) is 12.5. The van der Waals surface area contributed by atoms with Crippen LogP contribution in [0.15, 0.2) is 0 Å². The van der Waals surface area contributed by atoms with Crippen LogP contribution in [-0.4, -0.2) is 48.4 Å². The van der Waals surface area contributed by atoms with Crippen molar-refractivity contribution in [3.63, 3.8) is 0 Å². The summed E-state index contributed by atoms with van der Waals surface area (Å²) in [5, 5.41) is 6.17. The molecule has 2 N–H and O–H groups in total. The number of aromatic nitrogens is 3. The molecule has 7 heteroatoms. The van der Waals surface area contributed by atoms with E-state index in [0.717, 1.165) is 39.1 Å². The van der Waals surface area contributed by atoms with E-state index in [1.165, 1.54) is 7.11 Å². The maximum atomic E-state index is 5.40. The molecule has 0 saturated heterocycles. The zero-order chi connectivity index (χ0) is 13.9. The number of anilines is 2. The topological polar surface area (TPSA) is 81.2 Å². The summed E-state index contributed by atoms with van der Waals surface area (Å²) in [5.41, 5.74) is 0. The lowest BCUT2D eigenvalue weighted by Gasteiger charge is -2.08. The van der Waals surface area contributed by atoms with Crippen LogP contribution in [0.4, 0.5) is 11.9 Å². The molecule has 7 nitrogen and oxygen atoms in total. The van der Waals surface area contributed by atoms with Gasteiger partial charge in [-0.25, -0.2) is 0 Å². The fourth-order valence-corrected chi connectivity index (χ4v) is 1.38. The minimum atomic E-state index is 0.302. The zero-order valence-corrected chi connectivity index (χ0v) is 11.9. The average Bonchev–Trinajstić information content (AvgIpc) is 2.43. The van der Waals surface area contributed by atoms with Gasteiger partial charge in [0.15, 0.2) is 0 Å². The van der Waals surface area contributed by atoms with Gasteiger partial charge in [0, 0.05) is 26.3 Å². The molecule has 1 rings (SSSR count). The van der Waals surface area contributed by atoms with Gasteiger partial charge in [0.1, 0.15) is 0 Å². The van der Waals surface area contributed by atoms with E-state index < -0.39 is 0 Å². The van der Waals surface area contributed by atoms with E-state index in [0.29, 0.717) is 17.9 Å². The normalized spacial score (nSPS) is 10.3. The summed E-state index contributed by atoms with van der Waals surface area (Å²) < 4.78 is 10.4. The summed E-state index contributed by atoms with van der Waals surface area (Å²) >= 11 is 0. The van der Waals surface area contributed by atoms with Crippen LogP contribution in [0.1, 0.15) is 26.7 Å². The van der Waals surface area contributed by atoms with E-state index in [-0.39, 0.29) is 0 Å². The third kappa shape index (κ3) is 6.19. The molecule has 0 unspecified atom stereocenters. The maximum absolute atomic E-state index is 5.40. The second-order valence-corrected chi connectivity index (χ2v) is 3.89. The van der Waals surface area contributed by atoms with Gasteiger partial charge in [0.05, 0.1) is 7.11 Å². The van der Waals surface area contributed by atoms with Crippen LogP contribution in [0.3, 0.4) is 0 Å². The highest BCUT2D eigenvalue weighted by Gasteiger charge is 2.05. The lowest BCUT2D eigenvalue weighted by molar-refractivity contribution is 0.134. The summed E-state index contributed by atoms with van der Waals surface area (Å²) in [6.45, 7) is 7.12. The molecule has 0 aliphatic rings. The average molecular weight is 269 g/mol. The molecular weight excluding hydrogens is 246 g/mol. The van der Waals surface area contributed by atoms with Gasteiger partial charge in [-0.2, -0.15) is 15.0 Å². The van der Waals surface area contributed by atoms with Crippen molar-refractivity contribution in [3.8, 4) is 6.01 Å². The molecule has 0 aliphatic heterocycles. The molecule has 1 heterocycles. The van der Waals surface area contributed by atoms with Crippen LogP contribution >= 0.6 is 0 Å². The zero-order valence-electron chi connectivity index (χ0n) is 11.9. The molecule has 1 aromatic heterocycles. The highest BCUT2D eigenvalue weighted by atomic mass is 16.5. The molecule has 0 amide bonds. The molecule has 108 valence electrons. The molecule has 0 spiro atoms. The van der Waals surface area contributed by atoms with Gasteiger partial charge in [-0.3, -0.25) is 0 Å². The fraction of sp³-hybridized carbons (Fsp3) is 0.750. The van der Waals surface area contributed by atoms with Crippen molar-refractivity contribution >= 4 is 11.9 Å². The Morgan fingerprint density at radius 1 is 1.00 bits per heavy atom. The third-order valence-electron chi connectivity index (χ3n) is 2.23. The van der Waals surface area contributed by atoms with Crippen LogP contribution in [0.5, 0.6) is 6.01 Å². The number of nitrogens with one attached hydrogen (secondary N) is 2. The largest absolute Gasteiger partial charge is 0.467 e. The SMILES string of the molecule is CCCOCCCNc1nc(NCC)nc(OC)n1. The maximum Gasteiger partial charge on any atom is 0.322 e. The molecule has 0 fully saturated rings. The van der Waals surface area contributed by atoms with Crippen molar-refractivity contribution in [1.82, 2.24) is 15.0 Å². The van der Waals surface area contributed by atoms with Crippen LogP contribution < -0.4 is 15.4 Å². The Morgan fingerprint density at radius 2 is 1.74 bits per heavy atom. The number of ether oxygens (including phenoxy) is 2. The molecule has 0 bridgehead atoms. The summed E-state index contributed by atoms with van der Waals surface area (Å²) in [5.74, 6) is 1.03. The van der Waals surface area contributed by atoms with Crippen molar-refractivity contribution in [2.75, 3.05) is 44.0 Å². The van der Waals surface area contributed by atoms with Gasteiger partial charge >= 0.3 is 6.01 Å². The summed E-state index contributed by atoms with van der Waals surface area (Å²) in [6.07, 6.45) is 1.95. The van der Waals surface area contributed by atoms with Crippen LogP contribution in [-0.2, 0) is 4.74 Å². The van der Waals surface area contributed by atoms with E-state index in [1.807, 2.05) is 6.92 Å². The number of nitrogens with zero attached hydrogens (tertiary/aromatic N) is 3. The molecule has 0 saturated carbocycles. The van der Waals surface area contributed by atoms with Gasteiger partial charge in [-0.1, -0.05) is 6.92 Å². The summed E-state index contributed by atoms with van der Waals surface area (Å²) in [6, 6.07) is 0.302. The lowest BCUT2D eigenvalue weighted by atomic mass is 10.4. The van der Waals surface area contributed by atoms with Crippen molar-refractivity contribution < 1.29 is 9.47 Å². The standard InChI is InChI=1S/C12H23N5O2/c1-4-8-19-9-6-7-14-11-15-10(13-5-2)16-12(17-11)18-3/h4-9H2,1-3H3,(H2,13,14,15,16,17). The molecule has 0 atom stereocenters. The second-order valence-electron chi connectivity index (χ2n) is 3.89. The van der Waals surface area contributed by atoms with Gasteiger partial charge in [-0.05, 0) is 19.8 Å². The van der Waals surface area contributed by atoms with E-state index in [2.05, 4.69) is 32.5 Å². The first-order valence-corrected chi connectivity index (χ1v) is 6.65. The van der Waals surface area contributed by atoms with Crippen LogP contribution in [0, 0.1) is 0 Å². The first kappa shape index (κ1) is 15.4. The predicted octanol–water partition coefficient (Wildman–Crippen LogP) is 1.54. The van der Waals surface area contributed by atoms with Gasteiger partial charge in [-0.15, -0.1) is 0 Å². The minimum Gasteiger partial charge on any atom is -0.467 e. The third-order valence-corrected chi connectivity index (χ3v) is 2.23. The van der Waals surface area contributed by atoms with Crippen molar-refractivity contribution in [2.45, 2.75) is 26.7 Å². The predicted molar refractivity (Wildman–Crippen MR) is 74.8 cm³/mol. The molecule has 0 aliphatic carbocycles. The number of hydrogen-bond acceptors (Lipinski definition) is 7. The minimum absolute atomic E-state index is 0.302. The van der Waals surface area contributed by atoms with Gasteiger partial charge in [0.25, 0.3) is 0 Å². The van der Waals surface area contributed by atoms with Crippen molar-refractivity contribution in [2.24, 2.45) is 0 Å². The fourth-order valence-electron chi connectivity index (χ4n) is 1.38. The lowest BCUT2D eigenvalue weighted by Crippen LogP contribution is -2.12. The highest BCUT2D eigenvalue weighted by Crippen LogP contribution is 2.10. The Bertz CT molecular complexity index is 362. The number of hydrogen-bond donors (Lipinski definition) is 2. The van der Waals surface area contributed by atoms with E-state index in [9.17, 15) is 0 Å². The quantitative estimate of drug-likeness (QED) is 0.623. The Labute approximate surface area is 114 Å². The highest BCUT2D eigenvalue weighted by molar-refractivity contribution is 5.35. The van der Waals surface area contributed by atoms with Crippen LogP contribution in [0.25, 0.3) is 0 Å². The smallest absolute Gasteiger partial charge is 0.322 e. The van der Waals surface area contributed by atoms with Gasteiger partial charge in [0.2, 0.25) is 11.9 Å². The number of methoxy groups -OCH3 is 1. The van der Waals surface area contributed by atoms with Crippen molar-refractivity contribution in [3.05, 3.63) is 0 Å². The van der Waals surface area contributed by atoms with Crippen molar-refractivity contribution in [1.29, 1.82) is 0 Å².